The average molecular weight is 349 g/mol. The van der Waals surface area contributed by atoms with Gasteiger partial charge in [0, 0.05) is 30.4 Å². The summed E-state index contributed by atoms with van der Waals surface area (Å²) in [6, 6.07) is 15.3. The van der Waals surface area contributed by atoms with Gasteiger partial charge in [0.2, 0.25) is 6.79 Å². The van der Waals surface area contributed by atoms with Crippen molar-refractivity contribution in [2.24, 2.45) is 0 Å². The second-order valence-electron chi connectivity index (χ2n) is 6.06. The molecular formula is C20H19N3O3. The minimum atomic E-state index is -0.137. The fourth-order valence-electron chi connectivity index (χ4n) is 2.95. The number of rotatable bonds is 5. The van der Waals surface area contributed by atoms with Crippen molar-refractivity contribution in [1.29, 1.82) is 0 Å². The van der Waals surface area contributed by atoms with Crippen LogP contribution in [0.1, 0.15) is 21.9 Å². The highest BCUT2D eigenvalue weighted by molar-refractivity contribution is 5.94. The van der Waals surface area contributed by atoms with Crippen LogP contribution in [0.2, 0.25) is 0 Å². The highest BCUT2D eigenvalue weighted by Crippen LogP contribution is 2.32. The largest absolute Gasteiger partial charge is 0.454 e. The minimum absolute atomic E-state index is 0.137. The molecular weight excluding hydrogens is 330 g/mol. The summed E-state index contributed by atoms with van der Waals surface area (Å²) < 4.78 is 12.6. The Morgan fingerprint density at radius 2 is 1.96 bits per heavy atom. The van der Waals surface area contributed by atoms with Crippen LogP contribution in [0.25, 0.3) is 5.69 Å². The molecule has 0 saturated carbocycles. The number of nitrogens with one attached hydrogen (secondary N) is 1. The molecule has 2 aromatic carbocycles. The summed E-state index contributed by atoms with van der Waals surface area (Å²) >= 11 is 0. The van der Waals surface area contributed by atoms with Crippen molar-refractivity contribution < 1.29 is 14.3 Å². The summed E-state index contributed by atoms with van der Waals surface area (Å²) in [5, 5.41) is 2.92. The highest BCUT2D eigenvalue weighted by Gasteiger charge is 2.16. The number of nitrogens with zero attached hydrogens (tertiary/aromatic N) is 2. The molecule has 2 heterocycles. The fraction of sp³-hybridized carbons (Fsp3) is 0.200. The van der Waals surface area contributed by atoms with Gasteiger partial charge >= 0.3 is 0 Å². The molecule has 0 bridgehead atoms. The average Bonchev–Trinajstić information content (AvgIpc) is 3.28. The molecule has 0 saturated heterocycles. The summed E-state index contributed by atoms with van der Waals surface area (Å²) in [5.41, 5.74) is 2.57. The standard InChI is InChI=1S/C20H19N3O3/c1-14-22-16(12-23(14)17-5-3-2-4-6-17)9-10-21-20(24)15-7-8-18-19(11-15)26-13-25-18/h2-8,11-12H,9-10,13H2,1H3,(H,21,24). The third kappa shape index (κ3) is 3.26. The Bertz CT molecular complexity index is 935. The molecule has 6 heteroatoms. The van der Waals surface area contributed by atoms with Crippen molar-refractivity contribution in [1.82, 2.24) is 14.9 Å². The van der Waals surface area contributed by atoms with Gasteiger partial charge in [0.25, 0.3) is 5.91 Å². The SMILES string of the molecule is Cc1nc(CCNC(=O)c2ccc3c(c2)OCO3)cn1-c1ccccc1. The van der Waals surface area contributed by atoms with Gasteiger partial charge in [-0.2, -0.15) is 0 Å². The van der Waals surface area contributed by atoms with E-state index in [9.17, 15) is 4.79 Å². The lowest BCUT2D eigenvalue weighted by molar-refractivity contribution is 0.0953. The number of hydrogen-bond donors (Lipinski definition) is 1. The van der Waals surface area contributed by atoms with Crippen molar-refractivity contribution in [3.8, 4) is 17.2 Å². The molecule has 1 aliphatic heterocycles. The monoisotopic (exact) mass is 349 g/mol. The Labute approximate surface area is 151 Å². The molecule has 4 rings (SSSR count). The second kappa shape index (κ2) is 6.92. The van der Waals surface area contributed by atoms with Crippen LogP contribution in [-0.2, 0) is 6.42 Å². The first-order valence-electron chi connectivity index (χ1n) is 8.49. The van der Waals surface area contributed by atoms with E-state index in [0.29, 0.717) is 30.0 Å². The zero-order chi connectivity index (χ0) is 17.9. The first-order valence-corrected chi connectivity index (χ1v) is 8.49. The lowest BCUT2D eigenvalue weighted by Crippen LogP contribution is -2.25. The molecule has 6 nitrogen and oxygen atoms in total. The summed E-state index contributed by atoms with van der Waals surface area (Å²) in [6.07, 6.45) is 2.67. The van der Waals surface area contributed by atoms with Gasteiger partial charge in [-0.25, -0.2) is 4.98 Å². The molecule has 0 spiro atoms. The second-order valence-corrected chi connectivity index (χ2v) is 6.06. The maximum absolute atomic E-state index is 12.3. The fourth-order valence-corrected chi connectivity index (χ4v) is 2.95. The van der Waals surface area contributed by atoms with E-state index in [4.69, 9.17) is 9.47 Å². The Morgan fingerprint density at radius 1 is 1.15 bits per heavy atom. The van der Waals surface area contributed by atoms with Crippen LogP contribution in [0, 0.1) is 6.92 Å². The van der Waals surface area contributed by atoms with Crippen LogP contribution >= 0.6 is 0 Å². The van der Waals surface area contributed by atoms with Crippen molar-refractivity contribution in [2.75, 3.05) is 13.3 Å². The van der Waals surface area contributed by atoms with Crippen LogP contribution in [0.4, 0.5) is 0 Å². The zero-order valence-electron chi connectivity index (χ0n) is 14.4. The van der Waals surface area contributed by atoms with Crippen molar-refractivity contribution >= 4 is 5.91 Å². The number of benzene rings is 2. The minimum Gasteiger partial charge on any atom is -0.454 e. The van der Waals surface area contributed by atoms with Gasteiger partial charge in [-0.15, -0.1) is 0 Å². The number of hydrogen-bond acceptors (Lipinski definition) is 4. The lowest BCUT2D eigenvalue weighted by atomic mass is 10.2. The van der Waals surface area contributed by atoms with Crippen LogP contribution in [0.3, 0.4) is 0 Å². The lowest BCUT2D eigenvalue weighted by Gasteiger charge is -2.05. The number of amides is 1. The van der Waals surface area contributed by atoms with Crippen LogP contribution in [0.15, 0.2) is 54.7 Å². The molecule has 3 aromatic rings. The van der Waals surface area contributed by atoms with Crippen molar-refractivity contribution in [3.63, 3.8) is 0 Å². The molecule has 1 aliphatic rings. The summed E-state index contributed by atoms with van der Waals surface area (Å²) in [7, 11) is 0. The topological polar surface area (TPSA) is 65.4 Å². The van der Waals surface area contributed by atoms with Gasteiger partial charge < -0.3 is 19.4 Å². The predicted molar refractivity (Wildman–Crippen MR) is 96.9 cm³/mol. The summed E-state index contributed by atoms with van der Waals surface area (Å²) in [4.78, 5) is 16.9. The van der Waals surface area contributed by atoms with Gasteiger partial charge in [-0.1, -0.05) is 18.2 Å². The molecule has 0 fully saturated rings. The maximum Gasteiger partial charge on any atom is 0.251 e. The molecule has 1 aromatic heterocycles. The number of para-hydroxylation sites is 1. The Kier molecular flexibility index (Phi) is 4.31. The quantitative estimate of drug-likeness (QED) is 0.769. The number of ether oxygens (including phenoxy) is 2. The molecule has 132 valence electrons. The molecule has 0 radical (unpaired) electrons. The van der Waals surface area contributed by atoms with Gasteiger partial charge in [-0.3, -0.25) is 4.79 Å². The van der Waals surface area contributed by atoms with Gasteiger partial charge in [0.1, 0.15) is 5.82 Å². The number of carbonyl (C=O) groups excluding carboxylic acids is 1. The first-order chi connectivity index (χ1) is 12.7. The van der Waals surface area contributed by atoms with E-state index >= 15 is 0 Å². The van der Waals surface area contributed by atoms with Crippen LogP contribution < -0.4 is 14.8 Å². The Balaban J connectivity index is 1.37. The van der Waals surface area contributed by atoms with E-state index in [1.165, 1.54) is 0 Å². The number of imidazole rings is 1. The van der Waals surface area contributed by atoms with Gasteiger partial charge in [-0.05, 0) is 37.3 Å². The van der Waals surface area contributed by atoms with Crippen LogP contribution in [-0.4, -0.2) is 28.8 Å². The van der Waals surface area contributed by atoms with E-state index in [0.717, 1.165) is 17.2 Å². The molecule has 0 atom stereocenters. The number of aryl methyl sites for hydroxylation is 1. The van der Waals surface area contributed by atoms with E-state index < -0.39 is 0 Å². The molecule has 0 unspecified atom stereocenters. The third-order valence-electron chi connectivity index (χ3n) is 4.27. The van der Waals surface area contributed by atoms with Crippen LogP contribution in [0.5, 0.6) is 11.5 Å². The van der Waals surface area contributed by atoms with E-state index in [1.807, 2.05) is 43.5 Å². The van der Waals surface area contributed by atoms with E-state index in [-0.39, 0.29) is 12.7 Å². The summed E-state index contributed by atoms with van der Waals surface area (Å²) in [5.74, 6) is 2.06. The predicted octanol–water partition coefficient (Wildman–Crippen LogP) is 2.88. The zero-order valence-corrected chi connectivity index (χ0v) is 14.4. The van der Waals surface area contributed by atoms with Gasteiger partial charge in [0.05, 0.1) is 5.69 Å². The molecule has 0 aliphatic carbocycles. The Morgan fingerprint density at radius 3 is 2.81 bits per heavy atom. The number of aromatic nitrogens is 2. The van der Waals surface area contributed by atoms with E-state index in [2.05, 4.69) is 14.9 Å². The smallest absolute Gasteiger partial charge is 0.251 e. The van der Waals surface area contributed by atoms with E-state index in [1.54, 1.807) is 18.2 Å². The molecule has 1 amide bonds. The first kappa shape index (κ1) is 16.2. The molecule has 26 heavy (non-hydrogen) atoms. The number of carbonyl (C=O) groups is 1. The highest BCUT2D eigenvalue weighted by atomic mass is 16.7. The number of fused-ring (bicyclic) bond motifs is 1. The van der Waals surface area contributed by atoms with Crippen molar-refractivity contribution in [3.05, 3.63) is 71.8 Å². The van der Waals surface area contributed by atoms with Crippen molar-refractivity contribution in [2.45, 2.75) is 13.3 Å². The normalized spacial score (nSPS) is 12.2. The summed E-state index contributed by atoms with van der Waals surface area (Å²) in [6.45, 7) is 2.68. The Hall–Kier alpha value is -3.28. The third-order valence-corrected chi connectivity index (χ3v) is 4.27. The molecule has 1 N–H and O–H groups in total. The maximum atomic E-state index is 12.3. The van der Waals surface area contributed by atoms with Gasteiger partial charge in [0.15, 0.2) is 11.5 Å².